The number of halogens is 3. The molecule has 0 atom stereocenters. The first-order valence-corrected chi connectivity index (χ1v) is 8.84. The van der Waals surface area contributed by atoms with E-state index in [2.05, 4.69) is 4.98 Å². The average molecular weight is 421 g/mol. The number of carboxylic acid groups (broad SMARTS) is 1. The zero-order valence-electron chi connectivity index (χ0n) is 16.1. The van der Waals surface area contributed by atoms with Gasteiger partial charge in [-0.3, -0.25) is 4.79 Å². The Balaban J connectivity index is 2.19. The average Bonchev–Trinajstić information content (AvgIpc) is 3.15. The molecule has 3 aromatic rings. The summed E-state index contributed by atoms with van der Waals surface area (Å²) in [7, 11) is 2.92. The number of carbonyl (C=O) groups is 1. The molecule has 158 valence electrons. The van der Waals surface area contributed by atoms with Gasteiger partial charge in [0.25, 0.3) is 0 Å². The lowest BCUT2D eigenvalue weighted by atomic mass is 10.0. The highest BCUT2D eigenvalue weighted by Gasteiger charge is 2.31. The lowest BCUT2D eigenvalue weighted by Gasteiger charge is -2.11. The molecule has 1 N–H and O–H groups in total. The van der Waals surface area contributed by atoms with Crippen LogP contribution in [-0.2, 0) is 17.4 Å². The van der Waals surface area contributed by atoms with Crippen molar-refractivity contribution < 1.29 is 37.0 Å². The number of aromatic nitrogens is 1. The van der Waals surface area contributed by atoms with Gasteiger partial charge in [0.1, 0.15) is 17.2 Å². The van der Waals surface area contributed by atoms with Gasteiger partial charge in [0.15, 0.2) is 11.7 Å². The number of oxazole rings is 1. The lowest BCUT2D eigenvalue weighted by molar-refractivity contribution is -0.138. The number of benzene rings is 2. The van der Waals surface area contributed by atoms with Crippen molar-refractivity contribution in [1.82, 2.24) is 4.98 Å². The van der Waals surface area contributed by atoms with Crippen LogP contribution in [-0.4, -0.2) is 30.3 Å². The van der Waals surface area contributed by atoms with Crippen molar-refractivity contribution in [3.05, 3.63) is 53.9 Å². The van der Waals surface area contributed by atoms with E-state index in [-0.39, 0.29) is 35.7 Å². The Kier molecular flexibility index (Phi) is 6.00. The molecule has 30 heavy (non-hydrogen) atoms. The van der Waals surface area contributed by atoms with Crippen molar-refractivity contribution in [2.24, 2.45) is 0 Å². The van der Waals surface area contributed by atoms with Crippen molar-refractivity contribution in [2.75, 3.05) is 14.2 Å². The standard InChI is InChI=1S/C21H18F3NO5/c1-28-14-6-7-16(29-2)15(11-14)19-20(30-17(25-19)8-9-18(26)27)12-4-3-5-13(10-12)21(22,23)24/h3-7,10-11H,8-9H2,1-2H3,(H,26,27). The molecule has 0 fully saturated rings. The van der Waals surface area contributed by atoms with Crippen LogP contribution in [0.4, 0.5) is 13.2 Å². The van der Waals surface area contributed by atoms with Crippen LogP contribution in [0.15, 0.2) is 46.9 Å². The third-order valence-electron chi connectivity index (χ3n) is 4.34. The quantitative estimate of drug-likeness (QED) is 0.574. The summed E-state index contributed by atoms with van der Waals surface area (Å²) < 4.78 is 55.9. The first kappa shape index (κ1) is 21.2. The highest BCUT2D eigenvalue weighted by Crippen LogP contribution is 2.41. The number of hydrogen-bond acceptors (Lipinski definition) is 5. The van der Waals surface area contributed by atoms with E-state index in [0.717, 1.165) is 12.1 Å². The van der Waals surface area contributed by atoms with E-state index in [0.29, 0.717) is 17.1 Å². The molecule has 9 heteroatoms. The number of ether oxygens (including phenoxy) is 2. The Labute approximate surface area is 169 Å². The van der Waals surface area contributed by atoms with Gasteiger partial charge in [-0.1, -0.05) is 12.1 Å². The van der Waals surface area contributed by atoms with E-state index in [9.17, 15) is 18.0 Å². The topological polar surface area (TPSA) is 81.8 Å². The Bertz CT molecular complexity index is 1060. The van der Waals surface area contributed by atoms with E-state index >= 15 is 0 Å². The molecular weight excluding hydrogens is 403 g/mol. The van der Waals surface area contributed by atoms with E-state index in [1.54, 1.807) is 18.2 Å². The molecule has 0 radical (unpaired) electrons. The van der Waals surface area contributed by atoms with Crippen LogP contribution in [0.1, 0.15) is 17.9 Å². The minimum absolute atomic E-state index is 0.0203. The number of carboxylic acids is 1. The Morgan fingerprint density at radius 1 is 1.13 bits per heavy atom. The molecular formula is C21H18F3NO5. The zero-order chi connectivity index (χ0) is 21.9. The van der Waals surface area contributed by atoms with Gasteiger partial charge in [-0.2, -0.15) is 13.2 Å². The van der Waals surface area contributed by atoms with Crippen LogP contribution in [0.2, 0.25) is 0 Å². The van der Waals surface area contributed by atoms with Crippen molar-refractivity contribution in [3.63, 3.8) is 0 Å². The van der Waals surface area contributed by atoms with Crippen molar-refractivity contribution >= 4 is 5.97 Å². The van der Waals surface area contributed by atoms with Gasteiger partial charge in [-0.15, -0.1) is 0 Å². The van der Waals surface area contributed by atoms with E-state index in [4.69, 9.17) is 19.0 Å². The van der Waals surface area contributed by atoms with Gasteiger partial charge >= 0.3 is 12.1 Å². The second kappa shape index (κ2) is 8.48. The molecule has 1 heterocycles. The van der Waals surface area contributed by atoms with Crippen LogP contribution in [0.5, 0.6) is 11.5 Å². The highest BCUT2D eigenvalue weighted by molar-refractivity contribution is 5.81. The fraction of sp³-hybridized carbons (Fsp3) is 0.238. The monoisotopic (exact) mass is 421 g/mol. The summed E-state index contributed by atoms with van der Waals surface area (Å²) in [6.45, 7) is 0. The maximum Gasteiger partial charge on any atom is 0.416 e. The molecule has 0 unspecified atom stereocenters. The second-order valence-electron chi connectivity index (χ2n) is 6.32. The molecule has 0 aliphatic carbocycles. The molecule has 0 aliphatic rings. The van der Waals surface area contributed by atoms with Crippen LogP contribution < -0.4 is 9.47 Å². The zero-order valence-corrected chi connectivity index (χ0v) is 16.1. The third-order valence-corrected chi connectivity index (χ3v) is 4.34. The second-order valence-corrected chi connectivity index (χ2v) is 6.32. The SMILES string of the molecule is COc1ccc(OC)c(-c2nc(CCC(=O)O)oc2-c2cccc(C(F)(F)F)c2)c1. The van der Waals surface area contributed by atoms with Gasteiger partial charge in [-0.25, -0.2) is 4.98 Å². The van der Waals surface area contributed by atoms with Crippen molar-refractivity contribution in [3.8, 4) is 34.1 Å². The molecule has 0 aliphatic heterocycles. The highest BCUT2D eigenvalue weighted by atomic mass is 19.4. The molecule has 0 saturated heterocycles. The molecule has 0 spiro atoms. The maximum absolute atomic E-state index is 13.2. The minimum Gasteiger partial charge on any atom is -0.497 e. The van der Waals surface area contributed by atoms with Gasteiger partial charge in [0, 0.05) is 17.5 Å². The van der Waals surface area contributed by atoms with Crippen LogP contribution in [0.25, 0.3) is 22.6 Å². The molecule has 0 saturated carbocycles. The number of methoxy groups -OCH3 is 2. The molecule has 2 aromatic carbocycles. The normalized spacial score (nSPS) is 11.4. The number of nitrogens with zero attached hydrogens (tertiary/aromatic N) is 1. The van der Waals surface area contributed by atoms with E-state index in [1.807, 2.05) is 0 Å². The number of aliphatic carboxylic acids is 1. The summed E-state index contributed by atoms with van der Waals surface area (Å²) >= 11 is 0. The molecule has 0 amide bonds. The molecule has 1 aromatic heterocycles. The summed E-state index contributed by atoms with van der Waals surface area (Å²) in [5.74, 6) is 0.00467. The third kappa shape index (κ3) is 4.56. The van der Waals surface area contributed by atoms with Crippen molar-refractivity contribution in [2.45, 2.75) is 19.0 Å². The van der Waals surface area contributed by atoms with Crippen LogP contribution in [0.3, 0.4) is 0 Å². The minimum atomic E-state index is -4.53. The van der Waals surface area contributed by atoms with Crippen LogP contribution in [0, 0.1) is 0 Å². The van der Waals surface area contributed by atoms with Gasteiger partial charge in [0.05, 0.1) is 26.2 Å². The fourth-order valence-electron chi connectivity index (χ4n) is 2.90. The Hall–Kier alpha value is -3.49. The summed E-state index contributed by atoms with van der Waals surface area (Å²) in [4.78, 5) is 15.3. The molecule has 3 rings (SSSR count). The Morgan fingerprint density at radius 3 is 2.53 bits per heavy atom. The predicted octanol–water partition coefficient (Wildman–Crippen LogP) is 5.06. The van der Waals surface area contributed by atoms with Gasteiger partial charge < -0.3 is 19.0 Å². The fourth-order valence-corrected chi connectivity index (χ4v) is 2.90. The van der Waals surface area contributed by atoms with E-state index < -0.39 is 17.7 Å². The predicted molar refractivity (Wildman–Crippen MR) is 101 cm³/mol. The summed E-state index contributed by atoms with van der Waals surface area (Å²) in [6, 6.07) is 9.56. The van der Waals surface area contributed by atoms with Gasteiger partial charge in [-0.05, 0) is 30.3 Å². The summed E-state index contributed by atoms with van der Waals surface area (Å²) in [6.07, 6.45) is -4.79. The summed E-state index contributed by atoms with van der Waals surface area (Å²) in [5, 5.41) is 8.93. The largest absolute Gasteiger partial charge is 0.497 e. The van der Waals surface area contributed by atoms with Crippen molar-refractivity contribution in [1.29, 1.82) is 0 Å². The maximum atomic E-state index is 13.2. The number of hydrogen-bond donors (Lipinski definition) is 1. The Morgan fingerprint density at radius 2 is 1.90 bits per heavy atom. The molecule has 0 bridgehead atoms. The van der Waals surface area contributed by atoms with E-state index in [1.165, 1.54) is 26.4 Å². The number of aryl methyl sites for hydroxylation is 1. The number of rotatable bonds is 7. The summed E-state index contributed by atoms with van der Waals surface area (Å²) in [5.41, 5.74) is -0.0223. The molecule has 6 nitrogen and oxygen atoms in total. The lowest BCUT2D eigenvalue weighted by Crippen LogP contribution is -2.04. The first-order chi connectivity index (χ1) is 14.2. The van der Waals surface area contributed by atoms with Gasteiger partial charge in [0.2, 0.25) is 0 Å². The smallest absolute Gasteiger partial charge is 0.416 e. The first-order valence-electron chi connectivity index (χ1n) is 8.84. The number of alkyl halides is 3. The van der Waals surface area contributed by atoms with Crippen LogP contribution >= 0.6 is 0 Å².